The number of rotatable bonds is 18. The summed E-state index contributed by atoms with van der Waals surface area (Å²) in [5, 5.41) is 0. The van der Waals surface area contributed by atoms with E-state index in [0.29, 0.717) is 0 Å². The van der Waals surface area contributed by atoms with Gasteiger partial charge in [-0.15, -0.1) is 13.2 Å². The Labute approximate surface area is 165 Å². The van der Waals surface area contributed by atoms with Crippen molar-refractivity contribution in [2.75, 3.05) is 6.61 Å². The zero-order valence-corrected chi connectivity index (χ0v) is 20.1. The molecule has 0 radical (unpaired) electrons. The van der Waals surface area contributed by atoms with Crippen LogP contribution in [-0.2, 0) is 13.0 Å². The number of unbranched alkanes of at least 4 members (excludes halogenated alkanes) is 7. The highest BCUT2D eigenvalue weighted by atomic mass is 28.5. The molecule has 0 aromatic carbocycles. The lowest BCUT2D eigenvalue weighted by molar-refractivity contribution is 0.147. The zero-order valence-electron chi connectivity index (χ0n) is 18.1. The Hall–Kier alpha value is -0.206. The third-order valence-corrected chi connectivity index (χ3v) is 11.1. The van der Waals surface area contributed by atoms with E-state index in [4.69, 9.17) is 13.0 Å². The van der Waals surface area contributed by atoms with Crippen LogP contribution in [0.15, 0.2) is 24.6 Å². The van der Waals surface area contributed by atoms with Gasteiger partial charge in [-0.2, -0.15) is 0 Å². The summed E-state index contributed by atoms with van der Waals surface area (Å²) >= 11 is 0. The van der Waals surface area contributed by atoms with E-state index in [1.807, 2.05) is 11.4 Å². The average Bonchev–Trinajstić information content (AvgIpc) is 2.61. The maximum Gasteiger partial charge on any atom is 0.352 e. The Morgan fingerprint density at radius 2 is 1.35 bits per heavy atom. The molecular weight excluding hydrogens is 356 g/mol. The molecule has 0 amide bonds. The zero-order chi connectivity index (χ0) is 19.9. The Bertz CT molecular complexity index is 378. The van der Waals surface area contributed by atoms with Crippen molar-refractivity contribution in [1.82, 2.24) is 0 Å². The molecule has 3 atom stereocenters. The summed E-state index contributed by atoms with van der Waals surface area (Å²) in [6.07, 6.45) is 12.5. The monoisotopic (exact) mass is 400 g/mol. The fourth-order valence-corrected chi connectivity index (χ4v) is 8.94. The van der Waals surface area contributed by atoms with Gasteiger partial charge in [0.1, 0.15) is 0 Å². The van der Waals surface area contributed by atoms with Gasteiger partial charge in [0.05, 0.1) is 0 Å². The molecular formula is C21H44O3Si2. The number of hydrogen-bond donors (Lipinski definition) is 0. The van der Waals surface area contributed by atoms with E-state index in [9.17, 15) is 0 Å². The average molecular weight is 401 g/mol. The van der Waals surface area contributed by atoms with Gasteiger partial charge in [0.15, 0.2) is 0 Å². The van der Waals surface area contributed by atoms with Crippen molar-refractivity contribution >= 4 is 17.1 Å². The Kier molecular flexibility index (Phi) is 14.7. The maximum atomic E-state index is 6.44. The van der Waals surface area contributed by atoms with Gasteiger partial charge >= 0.3 is 17.1 Å². The topological polar surface area (TPSA) is 27.7 Å². The van der Waals surface area contributed by atoms with Gasteiger partial charge in [-0.25, -0.2) is 0 Å². The third kappa shape index (κ3) is 12.2. The van der Waals surface area contributed by atoms with E-state index < -0.39 is 17.1 Å². The van der Waals surface area contributed by atoms with E-state index in [-0.39, 0.29) is 6.10 Å². The van der Waals surface area contributed by atoms with Crippen LogP contribution in [0.25, 0.3) is 0 Å². The van der Waals surface area contributed by atoms with Gasteiger partial charge < -0.3 is 13.0 Å². The Morgan fingerprint density at radius 1 is 0.808 bits per heavy atom. The molecule has 0 aliphatic carbocycles. The van der Waals surface area contributed by atoms with Crippen molar-refractivity contribution in [2.24, 2.45) is 0 Å². The molecule has 26 heavy (non-hydrogen) atoms. The van der Waals surface area contributed by atoms with Crippen molar-refractivity contribution in [3.8, 4) is 0 Å². The van der Waals surface area contributed by atoms with E-state index in [1.54, 1.807) is 0 Å². The van der Waals surface area contributed by atoms with E-state index >= 15 is 0 Å². The molecule has 0 N–H and O–H groups in total. The highest BCUT2D eigenvalue weighted by Gasteiger charge is 2.40. The summed E-state index contributed by atoms with van der Waals surface area (Å²) in [5.74, 6) is 0. The molecule has 0 saturated carbocycles. The Morgan fingerprint density at radius 3 is 1.92 bits per heavy atom. The first-order chi connectivity index (χ1) is 12.3. The van der Waals surface area contributed by atoms with Crippen LogP contribution in [0.1, 0.15) is 85.0 Å². The highest BCUT2D eigenvalue weighted by Crippen LogP contribution is 2.22. The molecule has 0 aliphatic rings. The highest BCUT2D eigenvalue weighted by molar-refractivity contribution is 6.84. The van der Waals surface area contributed by atoms with E-state index in [2.05, 4.69) is 47.0 Å². The van der Waals surface area contributed by atoms with Gasteiger partial charge in [0, 0.05) is 12.7 Å². The second-order valence-corrected chi connectivity index (χ2v) is 13.8. The van der Waals surface area contributed by atoms with Crippen molar-refractivity contribution in [3.63, 3.8) is 0 Å². The standard InChI is InChI=1S/C21H44O3Si2/c1-8-12-14-15-16-18-20-22-25(6,10-3)24-26(7,11-4)23-21(5)19-17-13-9-2/h10-11,21H,3-4,8-9,12-20H2,1-2,5-7H3. The third-order valence-electron chi connectivity index (χ3n) is 4.68. The summed E-state index contributed by atoms with van der Waals surface area (Å²) < 4.78 is 18.9. The summed E-state index contributed by atoms with van der Waals surface area (Å²) in [5.41, 5.74) is 3.76. The molecule has 5 heteroatoms. The quantitative estimate of drug-likeness (QED) is 0.184. The first kappa shape index (κ1) is 25.8. The second-order valence-electron chi connectivity index (χ2n) is 7.58. The predicted octanol–water partition coefficient (Wildman–Crippen LogP) is 6.96. The van der Waals surface area contributed by atoms with Crippen LogP contribution in [-0.4, -0.2) is 29.8 Å². The second kappa shape index (κ2) is 14.8. The lowest BCUT2D eigenvalue weighted by Crippen LogP contribution is -2.51. The van der Waals surface area contributed by atoms with E-state index in [1.165, 1.54) is 51.4 Å². The van der Waals surface area contributed by atoms with Crippen molar-refractivity contribution in [2.45, 2.75) is 104 Å². The molecule has 0 rings (SSSR count). The molecule has 0 bridgehead atoms. The predicted molar refractivity (Wildman–Crippen MR) is 119 cm³/mol. The first-order valence-corrected chi connectivity index (χ1v) is 15.4. The van der Waals surface area contributed by atoms with E-state index in [0.717, 1.165) is 19.4 Å². The molecule has 0 heterocycles. The molecule has 0 aromatic rings. The van der Waals surface area contributed by atoms with Gasteiger partial charge in [-0.3, -0.25) is 0 Å². The summed E-state index contributed by atoms with van der Waals surface area (Å²) in [4.78, 5) is 0. The minimum atomic E-state index is -2.46. The van der Waals surface area contributed by atoms with Crippen LogP contribution in [0.5, 0.6) is 0 Å². The molecule has 3 nitrogen and oxygen atoms in total. The fraction of sp³-hybridized carbons (Fsp3) is 0.810. The van der Waals surface area contributed by atoms with Crippen molar-refractivity contribution in [3.05, 3.63) is 24.6 Å². The van der Waals surface area contributed by atoms with Crippen LogP contribution < -0.4 is 0 Å². The smallest absolute Gasteiger partial charge is 0.352 e. The van der Waals surface area contributed by atoms with Gasteiger partial charge in [-0.1, -0.05) is 76.6 Å². The van der Waals surface area contributed by atoms with Gasteiger partial charge in [-0.05, 0) is 32.9 Å². The maximum absolute atomic E-state index is 6.44. The molecule has 0 spiro atoms. The largest absolute Gasteiger partial charge is 0.409 e. The Balaban J connectivity index is 4.41. The van der Waals surface area contributed by atoms with Crippen LogP contribution in [0.4, 0.5) is 0 Å². The normalized spacial score (nSPS) is 17.3. The van der Waals surface area contributed by atoms with Crippen LogP contribution in [0, 0.1) is 0 Å². The minimum absolute atomic E-state index is 0.192. The van der Waals surface area contributed by atoms with Crippen molar-refractivity contribution < 1.29 is 13.0 Å². The SMILES string of the molecule is C=C[Si](C)(OCCCCCCCC)O[Si](C)(C=C)OC(C)CCCCC. The molecule has 0 aromatic heterocycles. The molecule has 154 valence electrons. The minimum Gasteiger partial charge on any atom is -0.409 e. The van der Waals surface area contributed by atoms with Crippen LogP contribution in [0.2, 0.25) is 13.1 Å². The number of hydrogen-bond acceptors (Lipinski definition) is 3. The molecule has 0 fully saturated rings. The summed E-state index contributed by atoms with van der Waals surface area (Å²) in [6.45, 7) is 19.4. The fourth-order valence-electron chi connectivity index (χ4n) is 2.94. The lowest BCUT2D eigenvalue weighted by atomic mass is 10.1. The molecule has 0 saturated heterocycles. The first-order valence-electron chi connectivity index (χ1n) is 10.6. The van der Waals surface area contributed by atoms with Gasteiger partial charge in [0.25, 0.3) is 0 Å². The van der Waals surface area contributed by atoms with Crippen LogP contribution in [0.3, 0.4) is 0 Å². The van der Waals surface area contributed by atoms with Crippen LogP contribution >= 0.6 is 0 Å². The van der Waals surface area contributed by atoms with Crippen molar-refractivity contribution in [1.29, 1.82) is 0 Å². The summed E-state index contributed by atoms with van der Waals surface area (Å²) in [7, 11) is -4.89. The van der Waals surface area contributed by atoms with Gasteiger partial charge in [0.2, 0.25) is 0 Å². The summed E-state index contributed by atoms with van der Waals surface area (Å²) in [6, 6.07) is 0. The lowest BCUT2D eigenvalue weighted by Gasteiger charge is -2.35. The molecule has 0 aliphatic heterocycles. The molecule has 3 unspecified atom stereocenters.